The van der Waals surface area contributed by atoms with Gasteiger partial charge in [-0.1, -0.05) is 31.2 Å². The molecule has 0 saturated carbocycles. The third-order valence-corrected chi connectivity index (χ3v) is 2.30. The molecule has 80 valence electrons. The number of rotatable bonds is 1. The molecule has 1 aromatic rings. The van der Waals surface area contributed by atoms with Crippen LogP contribution < -0.4 is 0 Å². The first-order valence-electron chi connectivity index (χ1n) is 5.32. The van der Waals surface area contributed by atoms with Gasteiger partial charge in [0.1, 0.15) is 6.29 Å². The SMILES string of the molecule is CC1=NCCc2ccccc21.CCC=O. The van der Waals surface area contributed by atoms with Crippen LogP contribution in [0.25, 0.3) is 0 Å². The Morgan fingerprint density at radius 1 is 1.40 bits per heavy atom. The molecule has 1 heterocycles. The molecule has 1 aromatic carbocycles. The smallest absolute Gasteiger partial charge is 0.119 e. The second kappa shape index (κ2) is 6.12. The maximum Gasteiger partial charge on any atom is 0.119 e. The van der Waals surface area contributed by atoms with E-state index in [1.807, 2.05) is 6.92 Å². The number of nitrogens with zero attached hydrogens (tertiary/aromatic N) is 1. The Bertz CT molecular complexity index is 355. The van der Waals surface area contributed by atoms with E-state index in [2.05, 4.69) is 36.2 Å². The third-order valence-electron chi connectivity index (χ3n) is 2.30. The molecule has 0 amide bonds. The Balaban J connectivity index is 0.000000245. The second-order valence-corrected chi connectivity index (χ2v) is 3.45. The summed E-state index contributed by atoms with van der Waals surface area (Å²) in [6.45, 7) is 4.86. The van der Waals surface area contributed by atoms with Gasteiger partial charge in [-0.2, -0.15) is 0 Å². The van der Waals surface area contributed by atoms with Crippen molar-refractivity contribution in [1.82, 2.24) is 0 Å². The summed E-state index contributed by atoms with van der Waals surface area (Å²) < 4.78 is 0. The van der Waals surface area contributed by atoms with Gasteiger partial charge in [-0.25, -0.2) is 0 Å². The Morgan fingerprint density at radius 3 is 2.67 bits per heavy atom. The minimum Gasteiger partial charge on any atom is -0.303 e. The van der Waals surface area contributed by atoms with E-state index in [1.54, 1.807) is 0 Å². The van der Waals surface area contributed by atoms with Crippen molar-refractivity contribution in [3.8, 4) is 0 Å². The largest absolute Gasteiger partial charge is 0.303 e. The predicted molar refractivity (Wildman–Crippen MR) is 63.6 cm³/mol. The molecule has 2 heteroatoms. The summed E-state index contributed by atoms with van der Waals surface area (Å²) in [5.41, 5.74) is 3.96. The molecule has 0 fully saturated rings. The summed E-state index contributed by atoms with van der Waals surface area (Å²) in [7, 11) is 0. The highest BCUT2D eigenvalue weighted by atomic mass is 16.1. The van der Waals surface area contributed by atoms with Crippen LogP contribution in [0.4, 0.5) is 0 Å². The van der Waals surface area contributed by atoms with Gasteiger partial charge in [-0.05, 0) is 24.5 Å². The summed E-state index contributed by atoms with van der Waals surface area (Å²) in [6.07, 6.45) is 2.62. The number of aldehydes is 1. The number of hydrogen-bond acceptors (Lipinski definition) is 2. The highest BCUT2D eigenvalue weighted by Gasteiger charge is 2.07. The first-order valence-corrected chi connectivity index (χ1v) is 5.32. The van der Waals surface area contributed by atoms with Crippen LogP contribution in [0.15, 0.2) is 29.3 Å². The van der Waals surface area contributed by atoms with E-state index >= 15 is 0 Å². The topological polar surface area (TPSA) is 29.4 Å². The van der Waals surface area contributed by atoms with Crippen LogP contribution in [0, 0.1) is 0 Å². The predicted octanol–water partition coefficient (Wildman–Crippen LogP) is 2.65. The fourth-order valence-electron chi connectivity index (χ4n) is 1.52. The van der Waals surface area contributed by atoms with Crippen LogP contribution in [0.5, 0.6) is 0 Å². The number of benzene rings is 1. The number of hydrogen-bond donors (Lipinski definition) is 0. The lowest BCUT2D eigenvalue weighted by Crippen LogP contribution is -2.08. The molecule has 0 unspecified atom stereocenters. The van der Waals surface area contributed by atoms with E-state index in [0.29, 0.717) is 6.42 Å². The summed E-state index contributed by atoms with van der Waals surface area (Å²) in [5.74, 6) is 0. The highest BCUT2D eigenvalue weighted by molar-refractivity contribution is 6.00. The Hall–Kier alpha value is -1.44. The van der Waals surface area contributed by atoms with Gasteiger partial charge in [0, 0.05) is 18.7 Å². The number of carbonyl (C=O) groups excluding carboxylic acids is 1. The maximum absolute atomic E-state index is 9.17. The Morgan fingerprint density at radius 2 is 2.07 bits per heavy atom. The third kappa shape index (κ3) is 3.31. The van der Waals surface area contributed by atoms with Gasteiger partial charge in [-0.15, -0.1) is 0 Å². The lowest BCUT2D eigenvalue weighted by molar-refractivity contribution is -0.107. The van der Waals surface area contributed by atoms with Crippen LogP contribution in [0.3, 0.4) is 0 Å². The second-order valence-electron chi connectivity index (χ2n) is 3.45. The zero-order chi connectivity index (χ0) is 11.1. The maximum atomic E-state index is 9.17. The van der Waals surface area contributed by atoms with E-state index < -0.39 is 0 Å². The fourth-order valence-corrected chi connectivity index (χ4v) is 1.52. The van der Waals surface area contributed by atoms with Crippen molar-refractivity contribution in [2.45, 2.75) is 26.7 Å². The van der Waals surface area contributed by atoms with Gasteiger partial charge >= 0.3 is 0 Å². The first kappa shape index (κ1) is 11.6. The molecule has 1 aliphatic rings. The van der Waals surface area contributed by atoms with E-state index in [1.165, 1.54) is 16.8 Å². The first-order chi connectivity index (χ1) is 7.29. The lowest BCUT2D eigenvalue weighted by atomic mass is 9.99. The van der Waals surface area contributed by atoms with Crippen LogP contribution in [-0.2, 0) is 11.2 Å². The standard InChI is InChI=1S/C10H11N.C3H6O/c1-8-10-5-3-2-4-9(10)6-7-11-8;1-2-3-4/h2-5H,6-7H2,1H3;3H,2H2,1H3. The van der Waals surface area contributed by atoms with Crippen molar-refractivity contribution in [3.63, 3.8) is 0 Å². The average molecular weight is 203 g/mol. The van der Waals surface area contributed by atoms with Gasteiger partial charge in [0.05, 0.1) is 0 Å². The van der Waals surface area contributed by atoms with E-state index in [0.717, 1.165) is 19.3 Å². The average Bonchev–Trinajstić information content (AvgIpc) is 2.30. The molecule has 2 rings (SSSR count). The number of aliphatic imine (C=N–C) groups is 1. The molecule has 1 aliphatic heterocycles. The zero-order valence-corrected chi connectivity index (χ0v) is 9.36. The Kier molecular flexibility index (Phi) is 4.75. The van der Waals surface area contributed by atoms with Crippen molar-refractivity contribution in [1.29, 1.82) is 0 Å². The normalized spacial score (nSPS) is 13.1. The summed E-state index contributed by atoms with van der Waals surface area (Å²) >= 11 is 0. The highest BCUT2D eigenvalue weighted by Crippen LogP contribution is 2.14. The zero-order valence-electron chi connectivity index (χ0n) is 9.36. The molecule has 0 spiro atoms. The molecule has 0 N–H and O–H groups in total. The van der Waals surface area contributed by atoms with Crippen molar-refractivity contribution in [3.05, 3.63) is 35.4 Å². The molecule has 0 atom stereocenters. The number of fused-ring (bicyclic) bond motifs is 1. The minimum atomic E-state index is 0.639. The molecule has 0 aliphatic carbocycles. The van der Waals surface area contributed by atoms with E-state index in [9.17, 15) is 4.79 Å². The van der Waals surface area contributed by atoms with Gasteiger partial charge in [0.2, 0.25) is 0 Å². The van der Waals surface area contributed by atoms with E-state index in [-0.39, 0.29) is 0 Å². The summed E-state index contributed by atoms with van der Waals surface area (Å²) in [6, 6.07) is 8.50. The monoisotopic (exact) mass is 203 g/mol. The summed E-state index contributed by atoms with van der Waals surface area (Å²) in [4.78, 5) is 13.6. The van der Waals surface area contributed by atoms with Crippen molar-refractivity contribution < 1.29 is 4.79 Å². The lowest BCUT2D eigenvalue weighted by Gasteiger charge is -2.12. The van der Waals surface area contributed by atoms with Gasteiger partial charge in [0.25, 0.3) is 0 Å². The summed E-state index contributed by atoms with van der Waals surface area (Å²) in [5, 5.41) is 0. The fraction of sp³-hybridized carbons (Fsp3) is 0.385. The molecule has 0 aromatic heterocycles. The van der Waals surface area contributed by atoms with Crippen LogP contribution in [0.1, 0.15) is 31.4 Å². The Labute approximate surface area is 91.0 Å². The van der Waals surface area contributed by atoms with Crippen LogP contribution in [-0.4, -0.2) is 18.5 Å². The van der Waals surface area contributed by atoms with Crippen molar-refractivity contribution >= 4 is 12.0 Å². The molecule has 0 radical (unpaired) electrons. The van der Waals surface area contributed by atoms with E-state index in [4.69, 9.17) is 0 Å². The van der Waals surface area contributed by atoms with Gasteiger partial charge in [0.15, 0.2) is 0 Å². The molecular formula is C13H17NO. The molecule has 0 saturated heterocycles. The van der Waals surface area contributed by atoms with Crippen molar-refractivity contribution in [2.24, 2.45) is 4.99 Å². The minimum absolute atomic E-state index is 0.639. The van der Waals surface area contributed by atoms with Crippen LogP contribution >= 0.6 is 0 Å². The molecule has 2 nitrogen and oxygen atoms in total. The number of carbonyl (C=O) groups is 1. The molecule has 15 heavy (non-hydrogen) atoms. The van der Waals surface area contributed by atoms with Gasteiger partial charge in [-0.3, -0.25) is 4.99 Å². The molecular weight excluding hydrogens is 186 g/mol. The van der Waals surface area contributed by atoms with Crippen molar-refractivity contribution in [2.75, 3.05) is 6.54 Å². The molecule has 0 bridgehead atoms. The quantitative estimate of drug-likeness (QED) is 0.645. The van der Waals surface area contributed by atoms with Crippen LogP contribution in [0.2, 0.25) is 0 Å². The van der Waals surface area contributed by atoms with Gasteiger partial charge < -0.3 is 4.79 Å².